The highest BCUT2D eigenvalue weighted by Gasteiger charge is 2.24. The van der Waals surface area contributed by atoms with Crippen molar-refractivity contribution in [3.05, 3.63) is 23.8 Å². The summed E-state index contributed by atoms with van der Waals surface area (Å²) in [4.78, 5) is 0. The largest absolute Gasteiger partial charge is 0.454 e. The molecule has 0 unspecified atom stereocenters. The van der Waals surface area contributed by atoms with Gasteiger partial charge in [0.05, 0.1) is 5.69 Å². The SMILES string of the molecule is Cn1nc(-c2cc(C(F)F)cc3c2OCO3)cc1N. The van der Waals surface area contributed by atoms with Crippen LogP contribution in [0.4, 0.5) is 14.6 Å². The predicted octanol–water partition coefficient (Wildman–Crippen LogP) is 2.34. The molecule has 2 heterocycles. The van der Waals surface area contributed by atoms with Gasteiger partial charge in [-0.05, 0) is 12.1 Å². The zero-order chi connectivity index (χ0) is 13.6. The van der Waals surface area contributed by atoms with Crippen LogP contribution in [0.15, 0.2) is 18.2 Å². The second kappa shape index (κ2) is 4.11. The van der Waals surface area contributed by atoms with E-state index in [0.717, 1.165) is 0 Å². The minimum atomic E-state index is -2.59. The molecule has 0 fully saturated rings. The number of alkyl halides is 2. The van der Waals surface area contributed by atoms with Crippen LogP contribution in [0, 0.1) is 0 Å². The average Bonchev–Trinajstić information content (AvgIpc) is 2.95. The van der Waals surface area contributed by atoms with Crippen molar-refractivity contribution in [1.82, 2.24) is 9.78 Å². The second-order valence-corrected chi connectivity index (χ2v) is 4.18. The third-order valence-electron chi connectivity index (χ3n) is 2.94. The lowest BCUT2D eigenvalue weighted by Gasteiger charge is -2.07. The number of ether oxygens (including phenoxy) is 2. The van der Waals surface area contributed by atoms with E-state index >= 15 is 0 Å². The Balaban J connectivity index is 2.19. The number of hydrogen-bond donors (Lipinski definition) is 1. The van der Waals surface area contributed by atoms with Crippen LogP contribution < -0.4 is 15.2 Å². The first-order valence-electron chi connectivity index (χ1n) is 5.58. The quantitative estimate of drug-likeness (QED) is 0.907. The van der Waals surface area contributed by atoms with Gasteiger partial charge in [-0.25, -0.2) is 8.78 Å². The van der Waals surface area contributed by atoms with E-state index in [2.05, 4.69) is 5.10 Å². The molecule has 0 spiro atoms. The Morgan fingerprint density at radius 3 is 2.74 bits per heavy atom. The molecule has 1 aliphatic rings. The number of nitrogen functional groups attached to an aromatic ring is 1. The minimum Gasteiger partial charge on any atom is -0.454 e. The molecule has 19 heavy (non-hydrogen) atoms. The number of nitrogens with two attached hydrogens (primary N) is 1. The molecule has 5 nitrogen and oxygen atoms in total. The van der Waals surface area contributed by atoms with Crippen LogP contribution in [-0.4, -0.2) is 16.6 Å². The summed E-state index contributed by atoms with van der Waals surface area (Å²) in [5.74, 6) is 1.16. The zero-order valence-electron chi connectivity index (χ0n) is 10.1. The highest BCUT2D eigenvalue weighted by Crippen LogP contribution is 2.43. The first kappa shape index (κ1) is 11.8. The van der Waals surface area contributed by atoms with E-state index in [1.165, 1.54) is 16.8 Å². The molecule has 1 aromatic carbocycles. The summed E-state index contributed by atoms with van der Waals surface area (Å²) < 4.78 is 37.7. The topological polar surface area (TPSA) is 62.3 Å². The molecule has 0 saturated carbocycles. The molecule has 0 atom stereocenters. The van der Waals surface area contributed by atoms with Crippen molar-refractivity contribution in [2.24, 2.45) is 7.05 Å². The Kier molecular flexibility index (Phi) is 2.55. The van der Waals surface area contributed by atoms with E-state index in [0.29, 0.717) is 28.6 Å². The highest BCUT2D eigenvalue weighted by atomic mass is 19.3. The fraction of sp³-hybridized carbons (Fsp3) is 0.250. The molecule has 0 aliphatic carbocycles. The number of hydrogen-bond acceptors (Lipinski definition) is 4. The predicted molar refractivity (Wildman–Crippen MR) is 64.1 cm³/mol. The van der Waals surface area contributed by atoms with E-state index in [-0.39, 0.29) is 12.4 Å². The van der Waals surface area contributed by atoms with Gasteiger partial charge in [0.25, 0.3) is 6.43 Å². The van der Waals surface area contributed by atoms with E-state index in [1.54, 1.807) is 13.1 Å². The molecule has 1 aliphatic heterocycles. The summed E-state index contributed by atoms with van der Waals surface area (Å²) in [7, 11) is 1.67. The molecule has 2 aromatic rings. The van der Waals surface area contributed by atoms with Gasteiger partial charge in [-0.15, -0.1) is 0 Å². The number of nitrogens with zero attached hydrogens (tertiary/aromatic N) is 2. The van der Waals surface area contributed by atoms with Crippen LogP contribution in [-0.2, 0) is 7.05 Å². The van der Waals surface area contributed by atoms with Crippen molar-refractivity contribution >= 4 is 5.82 Å². The maximum Gasteiger partial charge on any atom is 0.264 e. The number of aromatic nitrogens is 2. The van der Waals surface area contributed by atoms with Crippen molar-refractivity contribution in [1.29, 1.82) is 0 Å². The number of aryl methyl sites for hydroxylation is 1. The number of benzene rings is 1. The molecule has 3 rings (SSSR count). The van der Waals surface area contributed by atoms with Gasteiger partial charge in [-0.2, -0.15) is 5.10 Å². The van der Waals surface area contributed by atoms with Crippen LogP contribution in [0.2, 0.25) is 0 Å². The maximum atomic E-state index is 12.9. The summed E-state index contributed by atoms with van der Waals surface area (Å²) in [5.41, 5.74) is 6.50. The minimum absolute atomic E-state index is 0.0113. The molecule has 1 aromatic heterocycles. The third kappa shape index (κ3) is 1.87. The number of anilines is 1. The summed E-state index contributed by atoms with van der Waals surface area (Å²) in [6.07, 6.45) is -2.59. The van der Waals surface area contributed by atoms with Gasteiger partial charge in [-0.1, -0.05) is 0 Å². The Hall–Kier alpha value is -2.31. The summed E-state index contributed by atoms with van der Waals surface area (Å²) in [6.45, 7) is 0.0113. The van der Waals surface area contributed by atoms with Gasteiger partial charge in [0.1, 0.15) is 5.82 Å². The fourth-order valence-electron chi connectivity index (χ4n) is 1.96. The average molecular weight is 267 g/mol. The van der Waals surface area contributed by atoms with E-state index in [1.807, 2.05) is 0 Å². The van der Waals surface area contributed by atoms with Gasteiger partial charge in [-0.3, -0.25) is 4.68 Å². The monoisotopic (exact) mass is 267 g/mol. The summed E-state index contributed by atoms with van der Waals surface area (Å²) in [6, 6.07) is 4.23. The van der Waals surface area contributed by atoms with Gasteiger partial charge in [0, 0.05) is 24.2 Å². The molecular weight excluding hydrogens is 256 g/mol. The normalized spacial score (nSPS) is 13.3. The molecule has 0 saturated heterocycles. The van der Waals surface area contributed by atoms with Crippen LogP contribution >= 0.6 is 0 Å². The molecule has 0 bridgehead atoms. The Morgan fingerprint density at radius 2 is 2.11 bits per heavy atom. The van der Waals surface area contributed by atoms with Crippen molar-refractivity contribution in [2.75, 3.05) is 12.5 Å². The number of halogens is 2. The van der Waals surface area contributed by atoms with E-state index in [9.17, 15) is 8.78 Å². The molecule has 100 valence electrons. The van der Waals surface area contributed by atoms with E-state index < -0.39 is 6.43 Å². The highest BCUT2D eigenvalue weighted by molar-refractivity contribution is 5.74. The van der Waals surface area contributed by atoms with Gasteiger partial charge < -0.3 is 15.2 Å². The summed E-state index contributed by atoms with van der Waals surface area (Å²) >= 11 is 0. The van der Waals surface area contributed by atoms with Gasteiger partial charge in [0.15, 0.2) is 11.5 Å². The third-order valence-corrected chi connectivity index (χ3v) is 2.94. The van der Waals surface area contributed by atoms with Gasteiger partial charge >= 0.3 is 0 Å². The van der Waals surface area contributed by atoms with Crippen molar-refractivity contribution in [3.8, 4) is 22.8 Å². The Morgan fingerprint density at radius 1 is 1.32 bits per heavy atom. The second-order valence-electron chi connectivity index (χ2n) is 4.18. The van der Waals surface area contributed by atoms with E-state index in [4.69, 9.17) is 15.2 Å². The van der Waals surface area contributed by atoms with Crippen LogP contribution in [0.5, 0.6) is 11.5 Å². The molecule has 2 N–H and O–H groups in total. The van der Waals surface area contributed by atoms with Crippen LogP contribution in [0.25, 0.3) is 11.3 Å². The lowest BCUT2D eigenvalue weighted by atomic mass is 10.1. The standard InChI is InChI=1S/C12H11F2N3O2/c1-17-10(15)4-8(16-17)7-2-6(12(13)14)3-9-11(7)19-5-18-9/h2-4,12H,5,15H2,1H3. The van der Waals surface area contributed by atoms with Gasteiger partial charge in [0.2, 0.25) is 6.79 Å². The van der Waals surface area contributed by atoms with Crippen molar-refractivity contribution in [3.63, 3.8) is 0 Å². The maximum absolute atomic E-state index is 12.9. The Labute approximate surface area is 107 Å². The molecule has 0 amide bonds. The van der Waals surface area contributed by atoms with Crippen LogP contribution in [0.1, 0.15) is 12.0 Å². The molecule has 7 heteroatoms. The smallest absolute Gasteiger partial charge is 0.264 e. The van der Waals surface area contributed by atoms with Crippen LogP contribution in [0.3, 0.4) is 0 Å². The lowest BCUT2D eigenvalue weighted by Crippen LogP contribution is -1.97. The van der Waals surface area contributed by atoms with Crippen molar-refractivity contribution in [2.45, 2.75) is 6.43 Å². The molecular formula is C12H11F2N3O2. The first-order valence-corrected chi connectivity index (χ1v) is 5.58. The summed E-state index contributed by atoms with van der Waals surface area (Å²) in [5, 5.41) is 4.17. The number of fused-ring (bicyclic) bond motifs is 1. The first-order chi connectivity index (χ1) is 9.06. The number of rotatable bonds is 2. The zero-order valence-corrected chi connectivity index (χ0v) is 10.1. The van der Waals surface area contributed by atoms with Crippen molar-refractivity contribution < 1.29 is 18.3 Å². The lowest BCUT2D eigenvalue weighted by molar-refractivity contribution is 0.150. The Bertz CT molecular complexity index is 621. The molecule has 0 radical (unpaired) electrons. The fourth-order valence-corrected chi connectivity index (χ4v) is 1.96.